The third kappa shape index (κ3) is 2.74. The summed E-state index contributed by atoms with van der Waals surface area (Å²) in [6.45, 7) is 2.43. The Morgan fingerprint density at radius 3 is 3.09 bits per heavy atom. The molecule has 11 heavy (non-hydrogen) atoms. The molecule has 1 heterocycles. The van der Waals surface area contributed by atoms with Gasteiger partial charge in [-0.1, -0.05) is 5.11 Å². The minimum atomic E-state index is -0.680. The molecular formula is C6H11FN4. The first-order chi connectivity index (χ1) is 5.33. The lowest BCUT2D eigenvalue weighted by Crippen LogP contribution is -2.23. The molecule has 0 radical (unpaired) electrons. The first-order valence-electron chi connectivity index (χ1n) is 3.70. The van der Waals surface area contributed by atoms with Crippen molar-refractivity contribution in [1.29, 1.82) is 0 Å². The maximum absolute atomic E-state index is 12.5. The van der Waals surface area contributed by atoms with Crippen molar-refractivity contribution in [2.24, 2.45) is 5.11 Å². The van der Waals surface area contributed by atoms with E-state index in [9.17, 15) is 4.39 Å². The summed E-state index contributed by atoms with van der Waals surface area (Å²) in [7, 11) is 0. The summed E-state index contributed by atoms with van der Waals surface area (Å²) in [6.07, 6.45) is -0.0583. The van der Waals surface area contributed by atoms with Crippen LogP contribution < -0.4 is 0 Å². The Balaban J connectivity index is 2.13. The Morgan fingerprint density at radius 2 is 2.55 bits per heavy atom. The Kier molecular flexibility index (Phi) is 3.14. The maximum Gasteiger partial charge on any atom is 0.114 e. The lowest BCUT2D eigenvalue weighted by molar-refractivity contribution is 0.293. The first kappa shape index (κ1) is 8.30. The topological polar surface area (TPSA) is 52.0 Å². The van der Waals surface area contributed by atoms with E-state index in [0.717, 1.165) is 6.54 Å². The molecule has 62 valence electrons. The van der Waals surface area contributed by atoms with Gasteiger partial charge in [0.1, 0.15) is 6.17 Å². The SMILES string of the molecule is [N-]=[N+]=NCCN1CCC(F)C1. The average Bonchev–Trinajstić information content (AvgIpc) is 2.37. The number of rotatable bonds is 3. The highest BCUT2D eigenvalue weighted by Crippen LogP contribution is 2.10. The molecule has 0 N–H and O–H groups in total. The number of hydrogen-bond acceptors (Lipinski definition) is 2. The quantitative estimate of drug-likeness (QED) is 0.347. The van der Waals surface area contributed by atoms with Crippen LogP contribution in [-0.2, 0) is 0 Å². The molecule has 1 aliphatic heterocycles. The van der Waals surface area contributed by atoms with E-state index in [1.807, 2.05) is 4.90 Å². The van der Waals surface area contributed by atoms with E-state index >= 15 is 0 Å². The van der Waals surface area contributed by atoms with Crippen LogP contribution in [0.4, 0.5) is 4.39 Å². The van der Waals surface area contributed by atoms with E-state index in [2.05, 4.69) is 10.0 Å². The van der Waals surface area contributed by atoms with Crippen LogP contribution in [0.2, 0.25) is 0 Å². The molecule has 1 aliphatic rings. The van der Waals surface area contributed by atoms with Crippen LogP contribution in [0.3, 0.4) is 0 Å². The van der Waals surface area contributed by atoms with E-state index < -0.39 is 6.17 Å². The molecule has 1 rings (SSSR count). The van der Waals surface area contributed by atoms with Gasteiger partial charge in [0.25, 0.3) is 0 Å². The zero-order chi connectivity index (χ0) is 8.10. The van der Waals surface area contributed by atoms with Crippen LogP contribution >= 0.6 is 0 Å². The highest BCUT2D eigenvalue weighted by atomic mass is 19.1. The summed E-state index contributed by atoms with van der Waals surface area (Å²) in [5.41, 5.74) is 7.96. The molecule has 0 aromatic heterocycles. The monoisotopic (exact) mass is 158 g/mol. The fourth-order valence-electron chi connectivity index (χ4n) is 1.22. The standard InChI is InChI=1S/C6H11FN4/c7-6-1-3-11(5-6)4-2-9-10-8/h6H,1-5H2. The van der Waals surface area contributed by atoms with Gasteiger partial charge >= 0.3 is 0 Å². The van der Waals surface area contributed by atoms with Crippen LogP contribution in [0.1, 0.15) is 6.42 Å². The van der Waals surface area contributed by atoms with Crippen molar-refractivity contribution in [3.05, 3.63) is 10.4 Å². The minimum Gasteiger partial charge on any atom is -0.300 e. The maximum atomic E-state index is 12.5. The zero-order valence-electron chi connectivity index (χ0n) is 6.28. The van der Waals surface area contributed by atoms with Gasteiger partial charge in [0.2, 0.25) is 0 Å². The molecule has 4 nitrogen and oxygen atoms in total. The predicted molar refractivity (Wildman–Crippen MR) is 40.0 cm³/mol. The molecule has 0 saturated carbocycles. The molecule has 0 aromatic carbocycles. The van der Waals surface area contributed by atoms with Gasteiger partial charge < -0.3 is 4.90 Å². The van der Waals surface area contributed by atoms with Crippen LogP contribution in [-0.4, -0.2) is 37.3 Å². The van der Waals surface area contributed by atoms with Gasteiger partial charge in [-0.15, -0.1) is 0 Å². The van der Waals surface area contributed by atoms with Crippen molar-refractivity contribution in [3.63, 3.8) is 0 Å². The molecule has 1 saturated heterocycles. The summed E-state index contributed by atoms with van der Waals surface area (Å²) in [5, 5.41) is 3.38. The number of alkyl halides is 1. The van der Waals surface area contributed by atoms with Crippen molar-refractivity contribution in [2.45, 2.75) is 12.6 Å². The fraction of sp³-hybridized carbons (Fsp3) is 1.00. The average molecular weight is 158 g/mol. The smallest absolute Gasteiger partial charge is 0.114 e. The van der Waals surface area contributed by atoms with Gasteiger partial charge in [-0.25, -0.2) is 4.39 Å². The molecular weight excluding hydrogens is 147 g/mol. The van der Waals surface area contributed by atoms with Gasteiger partial charge in [-0.2, -0.15) is 0 Å². The third-order valence-electron chi connectivity index (χ3n) is 1.79. The van der Waals surface area contributed by atoms with Crippen molar-refractivity contribution in [1.82, 2.24) is 4.90 Å². The van der Waals surface area contributed by atoms with E-state index in [1.165, 1.54) is 0 Å². The van der Waals surface area contributed by atoms with Gasteiger partial charge in [0.15, 0.2) is 0 Å². The van der Waals surface area contributed by atoms with Crippen LogP contribution in [0.5, 0.6) is 0 Å². The largest absolute Gasteiger partial charge is 0.300 e. The van der Waals surface area contributed by atoms with E-state index in [4.69, 9.17) is 5.53 Å². The normalized spacial score (nSPS) is 25.0. The molecule has 0 aliphatic carbocycles. The Hall–Kier alpha value is -0.800. The zero-order valence-corrected chi connectivity index (χ0v) is 6.28. The predicted octanol–water partition coefficient (Wildman–Crippen LogP) is 1.34. The van der Waals surface area contributed by atoms with Gasteiger partial charge in [0, 0.05) is 31.1 Å². The number of hydrogen-bond donors (Lipinski definition) is 0. The third-order valence-corrected chi connectivity index (χ3v) is 1.79. The number of nitrogens with zero attached hydrogens (tertiary/aromatic N) is 4. The molecule has 0 spiro atoms. The Labute approximate surface area is 64.6 Å². The highest BCUT2D eigenvalue weighted by Gasteiger charge is 2.20. The number of azide groups is 1. The molecule has 1 fully saturated rings. The van der Waals surface area contributed by atoms with Gasteiger partial charge in [-0.05, 0) is 12.0 Å². The summed E-state index contributed by atoms with van der Waals surface area (Å²) in [4.78, 5) is 4.59. The minimum absolute atomic E-state index is 0.448. The second kappa shape index (κ2) is 4.16. The van der Waals surface area contributed by atoms with E-state index in [1.54, 1.807) is 0 Å². The summed E-state index contributed by atoms with van der Waals surface area (Å²) in [5.74, 6) is 0. The van der Waals surface area contributed by atoms with Gasteiger partial charge in [0.05, 0.1) is 0 Å². The Morgan fingerprint density at radius 1 is 1.73 bits per heavy atom. The second-order valence-corrected chi connectivity index (χ2v) is 2.64. The van der Waals surface area contributed by atoms with Crippen molar-refractivity contribution < 1.29 is 4.39 Å². The number of halogens is 1. The second-order valence-electron chi connectivity index (χ2n) is 2.64. The van der Waals surface area contributed by atoms with E-state index in [0.29, 0.717) is 26.1 Å². The summed E-state index contributed by atoms with van der Waals surface area (Å²) in [6, 6.07) is 0. The number of likely N-dealkylation sites (tertiary alicyclic amines) is 1. The first-order valence-corrected chi connectivity index (χ1v) is 3.70. The molecule has 1 unspecified atom stereocenters. The van der Waals surface area contributed by atoms with Crippen LogP contribution in [0.25, 0.3) is 10.4 Å². The molecule has 1 atom stereocenters. The lowest BCUT2D eigenvalue weighted by Gasteiger charge is -2.11. The van der Waals surface area contributed by atoms with Crippen LogP contribution in [0, 0.1) is 0 Å². The van der Waals surface area contributed by atoms with Crippen LogP contribution in [0.15, 0.2) is 5.11 Å². The molecule has 0 bridgehead atoms. The Bertz CT molecular complexity index is 166. The highest BCUT2D eigenvalue weighted by molar-refractivity contribution is 4.74. The molecule has 5 heteroatoms. The lowest BCUT2D eigenvalue weighted by atomic mass is 10.3. The summed E-state index contributed by atoms with van der Waals surface area (Å²) >= 11 is 0. The van der Waals surface area contributed by atoms with Crippen molar-refractivity contribution >= 4 is 0 Å². The molecule has 0 aromatic rings. The fourth-order valence-corrected chi connectivity index (χ4v) is 1.22. The summed E-state index contributed by atoms with van der Waals surface area (Å²) < 4.78 is 12.5. The van der Waals surface area contributed by atoms with Crippen molar-refractivity contribution in [3.8, 4) is 0 Å². The van der Waals surface area contributed by atoms with Gasteiger partial charge in [-0.3, -0.25) is 0 Å². The van der Waals surface area contributed by atoms with Crippen molar-refractivity contribution in [2.75, 3.05) is 26.2 Å². The van der Waals surface area contributed by atoms with E-state index in [-0.39, 0.29) is 0 Å². The molecule has 0 amide bonds.